The molecule has 106 valence electrons. The van der Waals surface area contributed by atoms with E-state index in [1.165, 1.54) is 11.1 Å². The zero-order chi connectivity index (χ0) is 14.5. The fraction of sp³-hybridized carbons (Fsp3) is 0.176. The van der Waals surface area contributed by atoms with Crippen LogP contribution < -0.4 is 5.32 Å². The average Bonchev–Trinajstić information content (AvgIpc) is 3.08. The summed E-state index contributed by atoms with van der Waals surface area (Å²) in [5.74, 6) is 0. The maximum absolute atomic E-state index is 4.12. The number of hydrogen-bond donors (Lipinski definition) is 1. The molecule has 3 aromatic rings. The van der Waals surface area contributed by atoms with Gasteiger partial charge in [-0.1, -0.05) is 31.2 Å². The predicted octanol–water partition coefficient (Wildman–Crippen LogP) is 3.44. The second-order valence-corrected chi connectivity index (χ2v) is 4.84. The van der Waals surface area contributed by atoms with Crippen LogP contribution in [0.25, 0.3) is 5.69 Å². The molecule has 0 aliphatic carbocycles. The molecule has 4 heteroatoms. The largest absolute Gasteiger partial charge is 0.381 e. The van der Waals surface area contributed by atoms with Gasteiger partial charge in [0.25, 0.3) is 0 Å². The van der Waals surface area contributed by atoms with Crippen molar-refractivity contribution in [2.24, 2.45) is 0 Å². The molecule has 0 saturated carbocycles. The second-order valence-electron chi connectivity index (χ2n) is 4.84. The van der Waals surface area contributed by atoms with E-state index in [1.54, 1.807) is 17.2 Å². The summed E-state index contributed by atoms with van der Waals surface area (Å²) in [4.78, 5) is 1.61. The lowest BCUT2D eigenvalue weighted by atomic mass is 10.1. The first-order chi connectivity index (χ1) is 10.4. The maximum atomic E-state index is 4.12. The van der Waals surface area contributed by atoms with Crippen LogP contribution in [0.3, 0.4) is 0 Å². The number of hydrogen-bond acceptors (Lipinski definition) is 3. The van der Waals surface area contributed by atoms with Crippen LogP contribution in [0.15, 0.2) is 60.9 Å². The molecule has 0 fully saturated rings. The van der Waals surface area contributed by atoms with E-state index in [4.69, 9.17) is 0 Å². The van der Waals surface area contributed by atoms with E-state index in [9.17, 15) is 0 Å². The van der Waals surface area contributed by atoms with Crippen molar-refractivity contribution in [2.45, 2.75) is 19.9 Å². The van der Waals surface area contributed by atoms with E-state index in [0.29, 0.717) is 0 Å². The molecule has 3 rings (SSSR count). The Kier molecular flexibility index (Phi) is 3.96. The van der Waals surface area contributed by atoms with Crippen molar-refractivity contribution in [3.63, 3.8) is 0 Å². The highest BCUT2D eigenvalue weighted by atomic mass is 15.5. The maximum Gasteiger partial charge on any atom is 0.0858 e. The van der Waals surface area contributed by atoms with Crippen molar-refractivity contribution in [3.8, 4) is 5.69 Å². The van der Waals surface area contributed by atoms with Crippen molar-refractivity contribution < 1.29 is 0 Å². The first-order valence-corrected chi connectivity index (χ1v) is 7.14. The smallest absolute Gasteiger partial charge is 0.0858 e. The fourth-order valence-electron chi connectivity index (χ4n) is 2.33. The highest BCUT2D eigenvalue weighted by Crippen LogP contribution is 2.15. The Bertz CT molecular complexity index is 687. The van der Waals surface area contributed by atoms with E-state index in [2.05, 4.69) is 46.7 Å². The van der Waals surface area contributed by atoms with E-state index in [0.717, 1.165) is 24.3 Å². The van der Waals surface area contributed by atoms with E-state index in [-0.39, 0.29) is 0 Å². The van der Waals surface area contributed by atoms with Crippen molar-refractivity contribution in [2.75, 3.05) is 5.32 Å². The number of nitrogens with one attached hydrogen (secondary N) is 1. The van der Waals surface area contributed by atoms with Crippen LogP contribution >= 0.6 is 0 Å². The van der Waals surface area contributed by atoms with Crippen molar-refractivity contribution in [1.82, 2.24) is 15.0 Å². The summed E-state index contributed by atoms with van der Waals surface area (Å²) in [5.41, 5.74) is 4.79. The van der Waals surface area contributed by atoms with Crippen LogP contribution in [0.2, 0.25) is 0 Å². The summed E-state index contributed by atoms with van der Waals surface area (Å²) < 4.78 is 0. The SMILES string of the molecule is CCc1ccccc1CNc1ccc(-n2nccn2)cc1. The number of aryl methyl sites for hydroxylation is 1. The Morgan fingerprint density at radius 3 is 2.24 bits per heavy atom. The average molecular weight is 278 g/mol. The third-order valence-electron chi connectivity index (χ3n) is 3.50. The van der Waals surface area contributed by atoms with Gasteiger partial charge in [0.2, 0.25) is 0 Å². The Balaban J connectivity index is 1.68. The van der Waals surface area contributed by atoms with Gasteiger partial charge >= 0.3 is 0 Å². The van der Waals surface area contributed by atoms with Gasteiger partial charge in [0.15, 0.2) is 0 Å². The highest BCUT2D eigenvalue weighted by Gasteiger charge is 2.01. The summed E-state index contributed by atoms with van der Waals surface area (Å²) in [6.45, 7) is 3.02. The minimum Gasteiger partial charge on any atom is -0.381 e. The first kappa shape index (κ1) is 13.4. The Morgan fingerprint density at radius 2 is 1.57 bits per heavy atom. The van der Waals surface area contributed by atoms with Crippen LogP contribution in [-0.4, -0.2) is 15.0 Å². The van der Waals surface area contributed by atoms with E-state index < -0.39 is 0 Å². The number of aromatic nitrogens is 3. The van der Waals surface area contributed by atoms with Gasteiger partial charge in [-0.2, -0.15) is 15.0 Å². The third kappa shape index (κ3) is 3.11. The van der Waals surface area contributed by atoms with Gasteiger partial charge < -0.3 is 5.32 Å². The highest BCUT2D eigenvalue weighted by molar-refractivity contribution is 5.48. The minimum atomic E-state index is 0.837. The van der Waals surface area contributed by atoms with Crippen molar-refractivity contribution in [1.29, 1.82) is 0 Å². The van der Waals surface area contributed by atoms with Gasteiger partial charge in [0, 0.05) is 12.2 Å². The van der Waals surface area contributed by atoms with Gasteiger partial charge in [0.05, 0.1) is 18.1 Å². The van der Waals surface area contributed by atoms with Crippen LogP contribution in [0, 0.1) is 0 Å². The van der Waals surface area contributed by atoms with Crippen LogP contribution in [-0.2, 0) is 13.0 Å². The van der Waals surface area contributed by atoms with Gasteiger partial charge in [0.1, 0.15) is 0 Å². The zero-order valence-electron chi connectivity index (χ0n) is 12.0. The van der Waals surface area contributed by atoms with Crippen molar-refractivity contribution >= 4 is 5.69 Å². The molecular weight excluding hydrogens is 260 g/mol. The lowest BCUT2D eigenvalue weighted by molar-refractivity contribution is 0.752. The van der Waals surface area contributed by atoms with Crippen LogP contribution in [0.1, 0.15) is 18.1 Å². The molecular formula is C17H18N4. The third-order valence-corrected chi connectivity index (χ3v) is 3.50. The summed E-state index contributed by atoms with van der Waals surface area (Å²) >= 11 is 0. The molecule has 0 saturated heterocycles. The molecule has 0 spiro atoms. The summed E-state index contributed by atoms with van der Waals surface area (Å²) in [6, 6.07) is 16.6. The molecule has 0 radical (unpaired) electrons. The lowest BCUT2D eigenvalue weighted by Crippen LogP contribution is -2.03. The summed E-state index contributed by atoms with van der Waals surface area (Å²) in [7, 11) is 0. The molecule has 0 atom stereocenters. The lowest BCUT2D eigenvalue weighted by Gasteiger charge is -2.10. The quantitative estimate of drug-likeness (QED) is 0.777. The molecule has 2 aromatic carbocycles. The Labute approximate surface area is 124 Å². The van der Waals surface area contributed by atoms with E-state index in [1.807, 2.05) is 24.3 Å². The number of benzene rings is 2. The van der Waals surface area contributed by atoms with Gasteiger partial charge in [-0.15, -0.1) is 0 Å². The molecule has 1 heterocycles. The minimum absolute atomic E-state index is 0.837. The van der Waals surface area contributed by atoms with Gasteiger partial charge in [-0.25, -0.2) is 0 Å². The summed E-state index contributed by atoms with van der Waals surface area (Å²) in [6.07, 6.45) is 4.41. The van der Waals surface area contributed by atoms with Crippen LogP contribution in [0.4, 0.5) is 5.69 Å². The standard InChI is InChI=1S/C17H18N4/c1-2-14-5-3-4-6-15(14)13-18-16-7-9-17(10-8-16)21-19-11-12-20-21/h3-12,18H,2,13H2,1H3. The molecule has 1 N–H and O–H groups in total. The Morgan fingerprint density at radius 1 is 0.905 bits per heavy atom. The second kappa shape index (κ2) is 6.22. The van der Waals surface area contributed by atoms with Gasteiger partial charge in [-0.3, -0.25) is 0 Å². The topological polar surface area (TPSA) is 42.7 Å². The van der Waals surface area contributed by atoms with Crippen molar-refractivity contribution in [3.05, 3.63) is 72.1 Å². The number of rotatable bonds is 5. The van der Waals surface area contributed by atoms with Crippen LogP contribution in [0.5, 0.6) is 0 Å². The molecule has 4 nitrogen and oxygen atoms in total. The first-order valence-electron chi connectivity index (χ1n) is 7.14. The Hall–Kier alpha value is -2.62. The van der Waals surface area contributed by atoms with Gasteiger partial charge in [-0.05, 0) is 41.8 Å². The fourth-order valence-corrected chi connectivity index (χ4v) is 2.33. The molecule has 21 heavy (non-hydrogen) atoms. The predicted molar refractivity (Wildman–Crippen MR) is 84.5 cm³/mol. The monoisotopic (exact) mass is 278 g/mol. The number of anilines is 1. The molecule has 1 aromatic heterocycles. The van der Waals surface area contributed by atoms with E-state index >= 15 is 0 Å². The molecule has 0 aliphatic rings. The number of nitrogens with zero attached hydrogens (tertiary/aromatic N) is 3. The normalized spacial score (nSPS) is 10.5. The molecule has 0 unspecified atom stereocenters. The molecule has 0 bridgehead atoms. The molecule has 0 amide bonds. The zero-order valence-corrected chi connectivity index (χ0v) is 12.0. The summed E-state index contributed by atoms with van der Waals surface area (Å²) in [5, 5.41) is 11.7. The molecule has 0 aliphatic heterocycles.